The zero-order chi connectivity index (χ0) is 17.1. The molecular formula is C18H23N5OS. The van der Waals surface area contributed by atoms with Gasteiger partial charge in [0.25, 0.3) is 0 Å². The number of nitrogens with zero attached hydrogens (tertiary/aromatic N) is 5. The Labute approximate surface area is 152 Å². The van der Waals surface area contributed by atoms with Crippen molar-refractivity contribution in [2.75, 3.05) is 18.8 Å². The predicted molar refractivity (Wildman–Crippen MR) is 96.5 cm³/mol. The number of hydrogen-bond donors (Lipinski definition) is 0. The van der Waals surface area contributed by atoms with E-state index in [1.165, 1.54) is 43.9 Å². The molecule has 2 aliphatic rings. The van der Waals surface area contributed by atoms with Crippen molar-refractivity contribution in [3.05, 3.63) is 30.3 Å². The van der Waals surface area contributed by atoms with Gasteiger partial charge in [-0.2, -0.15) is 4.68 Å². The number of carbonyl (C=O) groups is 1. The highest BCUT2D eigenvalue weighted by Crippen LogP contribution is 2.36. The van der Waals surface area contributed by atoms with Crippen LogP contribution in [-0.2, 0) is 4.79 Å². The Morgan fingerprint density at radius 2 is 1.92 bits per heavy atom. The summed E-state index contributed by atoms with van der Waals surface area (Å²) < 4.78 is 1.69. The van der Waals surface area contributed by atoms with Crippen molar-refractivity contribution in [2.45, 2.75) is 37.3 Å². The molecule has 1 aromatic heterocycles. The van der Waals surface area contributed by atoms with Crippen LogP contribution in [0.4, 0.5) is 0 Å². The number of fused-ring (bicyclic) bond motifs is 1. The third-order valence-electron chi connectivity index (χ3n) is 5.41. The van der Waals surface area contributed by atoms with Crippen LogP contribution in [0.3, 0.4) is 0 Å². The number of rotatable bonds is 4. The Balaban J connectivity index is 1.36. The van der Waals surface area contributed by atoms with E-state index in [4.69, 9.17) is 0 Å². The fourth-order valence-electron chi connectivity index (χ4n) is 4.05. The highest BCUT2D eigenvalue weighted by atomic mass is 32.2. The van der Waals surface area contributed by atoms with E-state index < -0.39 is 0 Å². The third kappa shape index (κ3) is 3.71. The molecule has 0 bridgehead atoms. The van der Waals surface area contributed by atoms with Gasteiger partial charge in [0.05, 0.1) is 11.4 Å². The summed E-state index contributed by atoms with van der Waals surface area (Å²) in [5.74, 6) is 2.16. The molecule has 1 saturated heterocycles. The lowest BCUT2D eigenvalue weighted by atomic mass is 9.75. The van der Waals surface area contributed by atoms with Gasteiger partial charge in [-0.25, -0.2) is 0 Å². The number of hydrogen-bond acceptors (Lipinski definition) is 5. The van der Waals surface area contributed by atoms with Gasteiger partial charge >= 0.3 is 0 Å². The quantitative estimate of drug-likeness (QED) is 0.787. The van der Waals surface area contributed by atoms with E-state index in [0.29, 0.717) is 16.8 Å². The number of aromatic nitrogens is 4. The lowest BCUT2D eigenvalue weighted by Crippen LogP contribution is -2.45. The SMILES string of the molecule is O=C(CSc1nnnn1-c1ccccc1)N1CC[C@@H]2CCCC[C@H]2C1. The topological polar surface area (TPSA) is 63.9 Å². The van der Waals surface area contributed by atoms with Crippen molar-refractivity contribution in [2.24, 2.45) is 11.8 Å². The molecule has 1 aliphatic carbocycles. The molecule has 6 nitrogen and oxygen atoms in total. The summed E-state index contributed by atoms with van der Waals surface area (Å²) in [6, 6.07) is 9.77. The Morgan fingerprint density at radius 1 is 1.12 bits per heavy atom. The van der Waals surface area contributed by atoms with E-state index in [0.717, 1.165) is 24.7 Å². The minimum atomic E-state index is 0.205. The summed E-state index contributed by atoms with van der Waals surface area (Å²) in [7, 11) is 0. The molecular weight excluding hydrogens is 334 g/mol. The number of carbonyl (C=O) groups excluding carboxylic acids is 1. The fraction of sp³-hybridized carbons (Fsp3) is 0.556. The van der Waals surface area contributed by atoms with Crippen LogP contribution in [0.25, 0.3) is 5.69 Å². The summed E-state index contributed by atoms with van der Waals surface area (Å²) in [6.45, 7) is 1.85. The average Bonchev–Trinajstić information content (AvgIpc) is 3.15. The maximum Gasteiger partial charge on any atom is 0.233 e. The molecule has 2 heterocycles. The molecule has 0 radical (unpaired) electrons. The second-order valence-electron chi connectivity index (χ2n) is 6.93. The number of piperidine rings is 1. The van der Waals surface area contributed by atoms with Gasteiger partial charge in [-0.1, -0.05) is 49.2 Å². The van der Waals surface area contributed by atoms with Gasteiger partial charge in [0.1, 0.15) is 0 Å². The van der Waals surface area contributed by atoms with Crippen LogP contribution in [0.2, 0.25) is 0 Å². The molecule has 1 aromatic carbocycles. The van der Waals surface area contributed by atoms with Crippen LogP contribution in [0.1, 0.15) is 32.1 Å². The molecule has 4 rings (SSSR count). The van der Waals surface area contributed by atoms with Gasteiger partial charge in [0.2, 0.25) is 11.1 Å². The van der Waals surface area contributed by atoms with Crippen molar-refractivity contribution in [1.82, 2.24) is 25.1 Å². The molecule has 0 spiro atoms. The lowest BCUT2D eigenvalue weighted by Gasteiger charge is -2.41. The van der Waals surface area contributed by atoms with Crippen LogP contribution >= 0.6 is 11.8 Å². The molecule has 1 saturated carbocycles. The van der Waals surface area contributed by atoms with E-state index in [-0.39, 0.29) is 5.91 Å². The third-order valence-corrected chi connectivity index (χ3v) is 6.31. The highest BCUT2D eigenvalue weighted by Gasteiger charge is 2.32. The molecule has 25 heavy (non-hydrogen) atoms. The first kappa shape index (κ1) is 16.6. The first-order valence-corrected chi connectivity index (χ1v) is 10.0. The predicted octanol–water partition coefficient (Wildman–Crippen LogP) is 2.79. The van der Waals surface area contributed by atoms with Gasteiger partial charge < -0.3 is 4.90 Å². The molecule has 1 amide bonds. The number of amides is 1. The Morgan fingerprint density at radius 3 is 2.76 bits per heavy atom. The summed E-state index contributed by atoms with van der Waals surface area (Å²) in [5, 5.41) is 12.5. The second kappa shape index (κ2) is 7.56. The molecule has 7 heteroatoms. The average molecular weight is 357 g/mol. The molecule has 132 valence electrons. The summed E-state index contributed by atoms with van der Waals surface area (Å²) >= 11 is 1.42. The maximum atomic E-state index is 12.6. The number of para-hydroxylation sites is 1. The molecule has 2 fully saturated rings. The number of tetrazole rings is 1. The van der Waals surface area contributed by atoms with Crippen molar-refractivity contribution < 1.29 is 4.79 Å². The monoisotopic (exact) mass is 357 g/mol. The van der Waals surface area contributed by atoms with E-state index in [9.17, 15) is 4.79 Å². The fourth-order valence-corrected chi connectivity index (χ4v) is 4.84. The molecule has 0 N–H and O–H groups in total. The van der Waals surface area contributed by atoms with Crippen LogP contribution in [0.5, 0.6) is 0 Å². The largest absolute Gasteiger partial charge is 0.342 e. The molecule has 1 aliphatic heterocycles. The van der Waals surface area contributed by atoms with E-state index >= 15 is 0 Å². The normalized spacial score (nSPS) is 23.3. The molecule has 2 atom stereocenters. The molecule has 0 unspecified atom stereocenters. The van der Waals surface area contributed by atoms with Crippen LogP contribution < -0.4 is 0 Å². The summed E-state index contributed by atoms with van der Waals surface area (Å²) in [5.41, 5.74) is 0.908. The summed E-state index contributed by atoms with van der Waals surface area (Å²) in [4.78, 5) is 14.7. The van der Waals surface area contributed by atoms with Crippen molar-refractivity contribution in [3.63, 3.8) is 0 Å². The van der Waals surface area contributed by atoms with Crippen LogP contribution in [0, 0.1) is 11.8 Å². The standard InChI is InChI=1S/C18H23N5OS/c24-17(22-11-10-14-6-4-5-7-15(14)12-22)13-25-18-19-20-21-23(18)16-8-2-1-3-9-16/h1-3,8-9,14-15H,4-7,10-13H2/t14-,15-/m0/s1. The van der Waals surface area contributed by atoms with E-state index in [2.05, 4.69) is 20.4 Å². The van der Waals surface area contributed by atoms with E-state index in [1.54, 1.807) is 4.68 Å². The van der Waals surface area contributed by atoms with E-state index in [1.807, 2.05) is 30.3 Å². The zero-order valence-electron chi connectivity index (χ0n) is 14.3. The van der Waals surface area contributed by atoms with Crippen molar-refractivity contribution in [1.29, 1.82) is 0 Å². The smallest absolute Gasteiger partial charge is 0.233 e. The van der Waals surface area contributed by atoms with Gasteiger partial charge in [-0.05, 0) is 47.2 Å². The Kier molecular flexibility index (Phi) is 5.01. The minimum absolute atomic E-state index is 0.205. The first-order chi connectivity index (χ1) is 12.3. The molecule has 2 aromatic rings. The summed E-state index contributed by atoms with van der Waals surface area (Å²) in [6.07, 6.45) is 6.50. The minimum Gasteiger partial charge on any atom is -0.342 e. The maximum absolute atomic E-state index is 12.6. The Hall–Kier alpha value is -1.89. The zero-order valence-corrected chi connectivity index (χ0v) is 15.1. The second-order valence-corrected chi connectivity index (χ2v) is 7.87. The van der Waals surface area contributed by atoms with Gasteiger partial charge in [0.15, 0.2) is 0 Å². The Bertz CT molecular complexity index is 719. The van der Waals surface area contributed by atoms with Crippen molar-refractivity contribution in [3.8, 4) is 5.69 Å². The van der Waals surface area contributed by atoms with Crippen LogP contribution in [0.15, 0.2) is 35.5 Å². The van der Waals surface area contributed by atoms with Gasteiger partial charge in [-0.3, -0.25) is 4.79 Å². The number of likely N-dealkylation sites (tertiary alicyclic amines) is 1. The van der Waals surface area contributed by atoms with Gasteiger partial charge in [0, 0.05) is 13.1 Å². The van der Waals surface area contributed by atoms with Crippen molar-refractivity contribution >= 4 is 17.7 Å². The number of benzene rings is 1. The first-order valence-electron chi connectivity index (χ1n) is 9.05. The highest BCUT2D eigenvalue weighted by molar-refractivity contribution is 7.99. The van der Waals surface area contributed by atoms with Gasteiger partial charge in [-0.15, -0.1) is 5.10 Å². The lowest BCUT2D eigenvalue weighted by molar-refractivity contribution is -0.131. The number of thioether (sulfide) groups is 1. The van der Waals surface area contributed by atoms with Crippen LogP contribution in [-0.4, -0.2) is 49.9 Å².